The number of rotatable bonds is 6. The van der Waals surface area contributed by atoms with Crippen LogP contribution < -0.4 is 20.1 Å². The Balaban J connectivity index is 1.93. The van der Waals surface area contributed by atoms with Crippen LogP contribution in [0.15, 0.2) is 28.6 Å². The van der Waals surface area contributed by atoms with E-state index < -0.39 is 11.9 Å². The van der Waals surface area contributed by atoms with E-state index in [1.54, 1.807) is 27.3 Å². The number of nitrogens with zero attached hydrogens (tertiary/aromatic N) is 2. The summed E-state index contributed by atoms with van der Waals surface area (Å²) in [6.45, 7) is 0.554. The summed E-state index contributed by atoms with van der Waals surface area (Å²) in [4.78, 5) is 7.61. The molecule has 2 aromatic rings. The van der Waals surface area contributed by atoms with Gasteiger partial charge in [-0.2, -0.15) is 13.2 Å². The first-order valence-corrected chi connectivity index (χ1v) is 8.42. The molecule has 0 amide bonds. The van der Waals surface area contributed by atoms with E-state index in [1.807, 2.05) is 12.1 Å². The van der Waals surface area contributed by atoms with Gasteiger partial charge in [-0.25, -0.2) is 4.98 Å². The largest absolute Gasteiger partial charge is 0.497 e. The molecule has 142 valence electrons. The van der Waals surface area contributed by atoms with E-state index in [9.17, 15) is 13.2 Å². The maximum atomic E-state index is 12.6. The zero-order valence-corrected chi connectivity index (χ0v) is 15.3. The van der Waals surface area contributed by atoms with Gasteiger partial charge in [-0.15, -0.1) is 11.3 Å². The molecule has 0 saturated carbocycles. The standard InChI is InChI=1S/C16H19F3N4O2S/c1-20-15(22-8-14-23-13(9-26-14)16(17,18)19)21-7-10-4-5-11(24-2)6-12(10)25-3/h4-6,9H,7-8H2,1-3H3,(H2,20,21,22). The van der Waals surface area contributed by atoms with Gasteiger partial charge in [0.15, 0.2) is 11.7 Å². The number of alkyl halides is 3. The number of guanidine groups is 1. The molecule has 0 saturated heterocycles. The number of thiazole rings is 1. The zero-order valence-electron chi connectivity index (χ0n) is 14.5. The van der Waals surface area contributed by atoms with Crippen molar-refractivity contribution in [3.8, 4) is 11.5 Å². The summed E-state index contributed by atoms with van der Waals surface area (Å²) in [6, 6.07) is 5.43. The Labute approximate surface area is 153 Å². The molecule has 0 fully saturated rings. The van der Waals surface area contributed by atoms with Crippen molar-refractivity contribution in [2.24, 2.45) is 4.99 Å². The van der Waals surface area contributed by atoms with E-state index in [0.29, 0.717) is 29.0 Å². The second-order valence-electron chi connectivity index (χ2n) is 5.08. The van der Waals surface area contributed by atoms with Crippen LogP contribution in [0.1, 0.15) is 16.3 Å². The molecule has 2 N–H and O–H groups in total. The number of ether oxygens (including phenoxy) is 2. The molecule has 6 nitrogen and oxygen atoms in total. The van der Waals surface area contributed by atoms with Gasteiger partial charge in [-0.1, -0.05) is 0 Å². The van der Waals surface area contributed by atoms with Crippen LogP contribution in [0.5, 0.6) is 11.5 Å². The highest BCUT2D eigenvalue weighted by atomic mass is 32.1. The van der Waals surface area contributed by atoms with Crippen molar-refractivity contribution in [2.45, 2.75) is 19.3 Å². The highest BCUT2D eigenvalue weighted by Gasteiger charge is 2.33. The van der Waals surface area contributed by atoms with Gasteiger partial charge < -0.3 is 20.1 Å². The second kappa shape index (κ2) is 8.75. The quantitative estimate of drug-likeness (QED) is 0.588. The number of hydrogen-bond acceptors (Lipinski definition) is 5. The predicted molar refractivity (Wildman–Crippen MR) is 93.7 cm³/mol. The van der Waals surface area contributed by atoms with Crippen molar-refractivity contribution in [2.75, 3.05) is 21.3 Å². The summed E-state index contributed by atoms with van der Waals surface area (Å²) in [5.41, 5.74) is -0.00456. The molecule has 0 atom stereocenters. The summed E-state index contributed by atoms with van der Waals surface area (Å²) in [5.74, 6) is 1.77. The van der Waals surface area contributed by atoms with Gasteiger partial charge in [-0.3, -0.25) is 4.99 Å². The first kappa shape index (κ1) is 19.8. The SMILES string of the molecule is CN=C(NCc1nc(C(F)(F)F)cs1)NCc1ccc(OC)cc1OC. The van der Waals surface area contributed by atoms with Gasteiger partial charge in [0.1, 0.15) is 16.5 Å². The van der Waals surface area contributed by atoms with Crippen LogP contribution in [-0.4, -0.2) is 32.2 Å². The molecule has 1 aromatic heterocycles. The van der Waals surface area contributed by atoms with Gasteiger partial charge in [0.2, 0.25) is 0 Å². The molecule has 0 unspecified atom stereocenters. The third-order valence-corrected chi connectivity index (χ3v) is 4.26. The van der Waals surface area contributed by atoms with Crippen LogP contribution in [0.4, 0.5) is 13.2 Å². The van der Waals surface area contributed by atoms with Gasteiger partial charge in [0.05, 0.1) is 20.8 Å². The third kappa shape index (κ3) is 5.25. The third-order valence-electron chi connectivity index (χ3n) is 3.41. The molecule has 0 aliphatic carbocycles. The lowest BCUT2D eigenvalue weighted by Gasteiger charge is -2.14. The molecule has 10 heteroatoms. The number of benzene rings is 1. The van der Waals surface area contributed by atoms with Crippen LogP contribution in [0.3, 0.4) is 0 Å². The molecule has 1 heterocycles. The van der Waals surface area contributed by atoms with Crippen LogP contribution >= 0.6 is 11.3 Å². The van der Waals surface area contributed by atoms with Crippen molar-refractivity contribution in [1.82, 2.24) is 15.6 Å². The first-order chi connectivity index (χ1) is 12.4. The summed E-state index contributed by atoms with van der Waals surface area (Å²) >= 11 is 0.943. The molecular formula is C16H19F3N4O2S. The van der Waals surface area contributed by atoms with Gasteiger partial charge in [0.25, 0.3) is 0 Å². The number of hydrogen-bond donors (Lipinski definition) is 2. The summed E-state index contributed by atoms with van der Waals surface area (Å²) in [7, 11) is 4.71. The molecular weight excluding hydrogens is 369 g/mol. The lowest BCUT2D eigenvalue weighted by molar-refractivity contribution is -0.140. The van der Waals surface area contributed by atoms with E-state index >= 15 is 0 Å². The minimum Gasteiger partial charge on any atom is -0.497 e. The fraction of sp³-hybridized carbons (Fsp3) is 0.375. The average molecular weight is 388 g/mol. The Morgan fingerprint density at radius 2 is 1.92 bits per heavy atom. The molecule has 0 spiro atoms. The Hall–Kier alpha value is -2.49. The highest BCUT2D eigenvalue weighted by molar-refractivity contribution is 7.09. The predicted octanol–water partition coefficient (Wildman–Crippen LogP) is 3.04. The lowest BCUT2D eigenvalue weighted by atomic mass is 10.2. The fourth-order valence-electron chi connectivity index (χ4n) is 2.08. The minimum absolute atomic E-state index is 0.139. The first-order valence-electron chi connectivity index (χ1n) is 7.54. The maximum absolute atomic E-state index is 12.6. The Kier molecular flexibility index (Phi) is 6.67. The maximum Gasteiger partial charge on any atom is 0.434 e. The Morgan fingerprint density at radius 1 is 1.19 bits per heavy atom. The molecule has 0 radical (unpaired) electrons. The van der Waals surface area contributed by atoms with Crippen molar-refractivity contribution in [3.63, 3.8) is 0 Å². The van der Waals surface area contributed by atoms with Crippen LogP contribution in [0.25, 0.3) is 0 Å². The van der Waals surface area contributed by atoms with Crippen LogP contribution in [0, 0.1) is 0 Å². The topological polar surface area (TPSA) is 67.8 Å². The Morgan fingerprint density at radius 3 is 2.50 bits per heavy atom. The van der Waals surface area contributed by atoms with Crippen molar-refractivity contribution < 1.29 is 22.6 Å². The van der Waals surface area contributed by atoms with Crippen LogP contribution in [0.2, 0.25) is 0 Å². The molecule has 0 bridgehead atoms. The van der Waals surface area contributed by atoms with Crippen molar-refractivity contribution in [1.29, 1.82) is 0 Å². The highest BCUT2D eigenvalue weighted by Crippen LogP contribution is 2.30. The van der Waals surface area contributed by atoms with Crippen LogP contribution in [-0.2, 0) is 19.3 Å². The Bertz CT molecular complexity index is 762. The average Bonchev–Trinajstić information content (AvgIpc) is 3.11. The van der Waals surface area contributed by atoms with E-state index in [4.69, 9.17) is 9.47 Å². The summed E-state index contributed by atoms with van der Waals surface area (Å²) in [6.07, 6.45) is -4.43. The summed E-state index contributed by atoms with van der Waals surface area (Å²) in [5, 5.41) is 7.33. The van der Waals surface area contributed by atoms with E-state index in [1.165, 1.54) is 0 Å². The van der Waals surface area contributed by atoms with E-state index in [0.717, 1.165) is 22.3 Å². The number of nitrogens with one attached hydrogen (secondary N) is 2. The van der Waals surface area contributed by atoms with Gasteiger partial charge in [-0.05, 0) is 12.1 Å². The lowest BCUT2D eigenvalue weighted by Crippen LogP contribution is -2.36. The zero-order chi connectivity index (χ0) is 19.2. The fourth-order valence-corrected chi connectivity index (χ4v) is 2.82. The normalized spacial score (nSPS) is 12.0. The second-order valence-corrected chi connectivity index (χ2v) is 6.02. The number of halogens is 3. The molecule has 0 aliphatic rings. The molecule has 26 heavy (non-hydrogen) atoms. The number of aromatic nitrogens is 1. The summed E-state index contributed by atoms with van der Waals surface area (Å²) < 4.78 is 48.2. The smallest absolute Gasteiger partial charge is 0.434 e. The monoisotopic (exact) mass is 388 g/mol. The molecule has 1 aromatic carbocycles. The molecule has 2 rings (SSSR count). The van der Waals surface area contributed by atoms with Gasteiger partial charge in [0, 0.05) is 30.6 Å². The van der Waals surface area contributed by atoms with E-state index in [-0.39, 0.29) is 6.54 Å². The van der Waals surface area contributed by atoms with Crippen molar-refractivity contribution in [3.05, 3.63) is 39.8 Å². The number of aliphatic imine (C=N–C) groups is 1. The number of methoxy groups -OCH3 is 2. The van der Waals surface area contributed by atoms with Crippen molar-refractivity contribution >= 4 is 17.3 Å². The molecule has 0 aliphatic heterocycles. The van der Waals surface area contributed by atoms with E-state index in [2.05, 4.69) is 20.6 Å². The van der Waals surface area contributed by atoms with Gasteiger partial charge >= 0.3 is 6.18 Å². The minimum atomic E-state index is -4.43.